The van der Waals surface area contributed by atoms with Crippen molar-refractivity contribution in [3.63, 3.8) is 0 Å². The van der Waals surface area contributed by atoms with Crippen LogP contribution in [0.4, 0.5) is 0 Å². The monoisotopic (exact) mass is 365 g/mol. The van der Waals surface area contributed by atoms with Gasteiger partial charge in [0.2, 0.25) is 5.90 Å². The zero-order valence-corrected chi connectivity index (χ0v) is 11.8. The van der Waals surface area contributed by atoms with Crippen molar-refractivity contribution in [1.29, 1.82) is 0 Å². The highest BCUT2D eigenvalue weighted by molar-refractivity contribution is 14.1. The smallest absolute Gasteiger partial charge is 0.363 e. The van der Waals surface area contributed by atoms with Crippen molar-refractivity contribution in [3.05, 3.63) is 63.3 Å². The van der Waals surface area contributed by atoms with Crippen molar-refractivity contribution >= 4 is 40.5 Å². The molecule has 1 aliphatic rings. The minimum atomic E-state index is -0.467. The van der Waals surface area contributed by atoms with Crippen LogP contribution in [0.5, 0.6) is 0 Å². The minimum Gasteiger partial charge on any atom is -0.465 e. The van der Waals surface area contributed by atoms with Gasteiger partial charge in [0.1, 0.15) is 5.76 Å². The van der Waals surface area contributed by atoms with Crippen LogP contribution >= 0.6 is 22.6 Å². The molecule has 0 atom stereocenters. The Labute approximate surface area is 122 Å². The van der Waals surface area contributed by atoms with E-state index in [9.17, 15) is 4.79 Å². The fraction of sp³-hybridized carbons (Fsp3) is 0. The van der Waals surface area contributed by atoms with E-state index in [1.807, 2.05) is 24.3 Å². The predicted molar refractivity (Wildman–Crippen MR) is 78.5 cm³/mol. The SMILES string of the molecule is O=C1OC(c2cccc(I)c2)=N/C1=C/c1ccco1. The number of halogens is 1. The molecule has 1 aliphatic heterocycles. The minimum absolute atomic E-state index is 0.240. The standard InChI is InChI=1S/C14H8INO3/c15-10-4-1-3-9(7-10)13-16-12(14(17)19-13)8-11-5-2-6-18-11/h1-8H/b12-8+. The highest BCUT2D eigenvalue weighted by Crippen LogP contribution is 2.20. The molecule has 0 radical (unpaired) electrons. The lowest BCUT2D eigenvalue weighted by atomic mass is 10.2. The molecule has 19 heavy (non-hydrogen) atoms. The van der Waals surface area contributed by atoms with Crippen LogP contribution in [0.3, 0.4) is 0 Å². The number of ether oxygens (including phenoxy) is 1. The number of hydrogen-bond donors (Lipinski definition) is 0. The molecule has 0 spiro atoms. The van der Waals surface area contributed by atoms with Gasteiger partial charge >= 0.3 is 5.97 Å². The topological polar surface area (TPSA) is 51.8 Å². The van der Waals surface area contributed by atoms with Gasteiger partial charge in [0.25, 0.3) is 0 Å². The van der Waals surface area contributed by atoms with Crippen LogP contribution in [0.15, 0.2) is 57.8 Å². The van der Waals surface area contributed by atoms with E-state index in [-0.39, 0.29) is 5.70 Å². The Morgan fingerprint density at radius 3 is 2.84 bits per heavy atom. The third-order valence-electron chi connectivity index (χ3n) is 2.51. The van der Waals surface area contributed by atoms with Crippen LogP contribution in [0, 0.1) is 3.57 Å². The second-order valence-corrected chi connectivity index (χ2v) is 5.11. The van der Waals surface area contributed by atoms with E-state index >= 15 is 0 Å². The van der Waals surface area contributed by atoms with Crippen LogP contribution in [-0.4, -0.2) is 11.9 Å². The normalized spacial score (nSPS) is 16.6. The number of esters is 1. The summed E-state index contributed by atoms with van der Waals surface area (Å²) < 4.78 is 11.4. The van der Waals surface area contributed by atoms with Crippen LogP contribution in [0.2, 0.25) is 0 Å². The van der Waals surface area contributed by atoms with Gasteiger partial charge in [-0.25, -0.2) is 9.79 Å². The van der Waals surface area contributed by atoms with Gasteiger partial charge in [-0.05, 0) is 52.9 Å². The summed E-state index contributed by atoms with van der Waals surface area (Å²) in [5.41, 5.74) is 1.02. The zero-order chi connectivity index (χ0) is 13.2. The van der Waals surface area contributed by atoms with Crippen molar-refractivity contribution < 1.29 is 13.9 Å². The summed E-state index contributed by atoms with van der Waals surface area (Å²) in [5, 5.41) is 0. The average Bonchev–Trinajstić information content (AvgIpc) is 3.01. The first-order valence-corrected chi connectivity index (χ1v) is 6.62. The highest BCUT2D eigenvalue weighted by Gasteiger charge is 2.24. The summed E-state index contributed by atoms with van der Waals surface area (Å²) in [7, 11) is 0. The van der Waals surface area contributed by atoms with Crippen LogP contribution in [0.25, 0.3) is 6.08 Å². The van der Waals surface area contributed by atoms with Gasteiger partial charge in [-0.2, -0.15) is 0 Å². The first kappa shape index (κ1) is 12.2. The largest absolute Gasteiger partial charge is 0.465 e. The second-order valence-electron chi connectivity index (χ2n) is 3.86. The molecular formula is C14H8INO3. The van der Waals surface area contributed by atoms with Gasteiger partial charge < -0.3 is 9.15 Å². The molecule has 0 bridgehead atoms. The lowest BCUT2D eigenvalue weighted by Crippen LogP contribution is -2.05. The molecular weight excluding hydrogens is 357 g/mol. The van der Waals surface area contributed by atoms with E-state index < -0.39 is 5.97 Å². The van der Waals surface area contributed by atoms with E-state index in [0.717, 1.165) is 9.13 Å². The third-order valence-corrected chi connectivity index (χ3v) is 3.19. The summed E-state index contributed by atoms with van der Waals surface area (Å²) in [4.78, 5) is 15.9. The average molecular weight is 365 g/mol. The van der Waals surface area contributed by atoms with Crippen molar-refractivity contribution in [1.82, 2.24) is 0 Å². The lowest BCUT2D eigenvalue weighted by molar-refractivity contribution is -0.129. The van der Waals surface area contributed by atoms with E-state index in [0.29, 0.717) is 11.7 Å². The molecule has 0 fully saturated rings. The molecule has 3 rings (SSSR count). The maximum Gasteiger partial charge on any atom is 0.363 e. The number of cyclic esters (lactones) is 1. The molecule has 2 heterocycles. The summed E-state index contributed by atoms with van der Waals surface area (Å²) in [6, 6.07) is 11.1. The number of carbonyl (C=O) groups excluding carboxylic acids is 1. The molecule has 4 nitrogen and oxygen atoms in total. The Hall–Kier alpha value is -1.89. The first-order valence-electron chi connectivity index (χ1n) is 5.54. The second kappa shape index (κ2) is 5.00. The maximum absolute atomic E-state index is 11.7. The van der Waals surface area contributed by atoms with Crippen LogP contribution in [0.1, 0.15) is 11.3 Å². The summed E-state index contributed by atoms with van der Waals surface area (Å²) in [6.07, 6.45) is 3.10. The Bertz CT molecular complexity index is 686. The highest BCUT2D eigenvalue weighted by atomic mass is 127. The van der Waals surface area contributed by atoms with E-state index in [4.69, 9.17) is 9.15 Å². The number of rotatable bonds is 2. The van der Waals surface area contributed by atoms with Gasteiger partial charge in [0, 0.05) is 15.2 Å². The fourth-order valence-electron chi connectivity index (χ4n) is 1.66. The van der Waals surface area contributed by atoms with Crippen molar-refractivity contribution in [2.45, 2.75) is 0 Å². The number of furan rings is 1. The van der Waals surface area contributed by atoms with Gasteiger partial charge in [0.15, 0.2) is 5.70 Å². The number of carbonyl (C=O) groups is 1. The molecule has 0 unspecified atom stereocenters. The number of aliphatic imine (C=N–C) groups is 1. The van der Waals surface area contributed by atoms with Crippen LogP contribution in [-0.2, 0) is 9.53 Å². The maximum atomic E-state index is 11.7. The molecule has 1 aromatic carbocycles. The first-order chi connectivity index (χ1) is 9.22. The molecule has 2 aromatic rings. The van der Waals surface area contributed by atoms with E-state index in [2.05, 4.69) is 27.6 Å². The Morgan fingerprint density at radius 2 is 2.11 bits per heavy atom. The van der Waals surface area contributed by atoms with Crippen molar-refractivity contribution in [2.75, 3.05) is 0 Å². The third kappa shape index (κ3) is 2.60. The van der Waals surface area contributed by atoms with Crippen molar-refractivity contribution in [2.24, 2.45) is 4.99 Å². The molecule has 5 heteroatoms. The molecule has 0 saturated carbocycles. The molecule has 1 aromatic heterocycles. The van der Waals surface area contributed by atoms with Gasteiger partial charge in [-0.1, -0.05) is 6.07 Å². The molecule has 0 aliphatic carbocycles. The quantitative estimate of drug-likeness (QED) is 0.467. The Morgan fingerprint density at radius 1 is 1.21 bits per heavy atom. The number of hydrogen-bond acceptors (Lipinski definition) is 4. The van der Waals surface area contributed by atoms with Gasteiger partial charge in [0.05, 0.1) is 6.26 Å². The fourth-order valence-corrected chi connectivity index (χ4v) is 2.21. The van der Waals surface area contributed by atoms with Gasteiger partial charge in [-0.3, -0.25) is 0 Å². The summed E-state index contributed by atoms with van der Waals surface area (Å²) in [6.45, 7) is 0. The number of nitrogens with zero attached hydrogens (tertiary/aromatic N) is 1. The van der Waals surface area contributed by atoms with Gasteiger partial charge in [-0.15, -0.1) is 0 Å². The number of benzene rings is 1. The van der Waals surface area contributed by atoms with E-state index in [1.165, 1.54) is 6.26 Å². The summed E-state index contributed by atoms with van der Waals surface area (Å²) >= 11 is 2.20. The Kier molecular flexibility index (Phi) is 3.20. The molecule has 0 amide bonds. The molecule has 0 N–H and O–H groups in total. The summed E-state index contributed by atoms with van der Waals surface area (Å²) in [5.74, 6) is 0.422. The lowest BCUT2D eigenvalue weighted by Gasteiger charge is -1.99. The van der Waals surface area contributed by atoms with Crippen molar-refractivity contribution in [3.8, 4) is 0 Å². The zero-order valence-electron chi connectivity index (χ0n) is 9.67. The predicted octanol–water partition coefficient (Wildman–Crippen LogP) is 3.23. The van der Waals surface area contributed by atoms with E-state index in [1.54, 1.807) is 18.2 Å². The van der Waals surface area contributed by atoms with Crippen LogP contribution < -0.4 is 0 Å². The molecule has 0 saturated heterocycles. The molecule has 94 valence electrons. The Balaban J connectivity index is 1.95.